The van der Waals surface area contributed by atoms with E-state index in [0.717, 1.165) is 39.8 Å². The number of hydrogen-bond acceptors (Lipinski definition) is 6. The first-order valence-electron chi connectivity index (χ1n) is 12.9. The van der Waals surface area contributed by atoms with E-state index in [4.69, 9.17) is 14.2 Å². The minimum atomic E-state index is -0.0587. The van der Waals surface area contributed by atoms with Crippen LogP contribution in [0, 0.1) is 0 Å². The normalized spacial score (nSPS) is 13.1. The van der Waals surface area contributed by atoms with Crippen LogP contribution in [-0.2, 0) is 24.3 Å². The SMILES string of the molecule is CCOc1ncnc2c1c(/C=C/C(=O)N1CCc3cc(OC)c(OC)cc3C1)c(-c1ccccc1)n2CC. The van der Waals surface area contributed by atoms with E-state index in [1.165, 1.54) is 11.9 Å². The third-order valence-corrected chi connectivity index (χ3v) is 6.91. The summed E-state index contributed by atoms with van der Waals surface area (Å²) in [4.78, 5) is 24.3. The maximum absolute atomic E-state index is 13.4. The van der Waals surface area contributed by atoms with Crippen molar-refractivity contribution >= 4 is 23.0 Å². The van der Waals surface area contributed by atoms with Crippen molar-refractivity contribution < 1.29 is 19.0 Å². The van der Waals surface area contributed by atoms with Crippen molar-refractivity contribution in [1.29, 1.82) is 0 Å². The lowest BCUT2D eigenvalue weighted by molar-refractivity contribution is -0.126. The maximum atomic E-state index is 13.4. The summed E-state index contributed by atoms with van der Waals surface area (Å²) in [6.07, 6.45) is 5.81. The van der Waals surface area contributed by atoms with Gasteiger partial charge in [-0.25, -0.2) is 9.97 Å². The fourth-order valence-corrected chi connectivity index (χ4v) is 5.13. The first-order chi connectivity index (χ1) is 18.6. The molecule has 8 nitrogen and oxygen atoms in total. The van der Waals surface area contributed by atoms with Crippen molar-refractivity contribution in [2.24, 2.45) is 0 Å². The van der Waals surface area contributed by atoms with Crippen LogP contribution in [0.1, 0.15) is 30.5 Å². The van der Waals surface area contributed by atoms with E-state index >= 15 is 0 Å². The van der Waals surface area contributed by atoms with E-state index in [1.54, 1.807) is 20.3 Å². The summed E-state index contributed by atoms with van der Waals surface area (Å²) in [5.41, 5.74) is 5.91. The number of carbonyl (C=O) groups excluding carboxylic acids is 1. The minimum absolute atomic E-state index is 0.0587. The Bertz CT molecular complexity index is 1490. The minimum Gasteiger partial charge on any atom is -0.493 e. The summed E-state index contributed by atoms with van der Waals surface area (Å²) < 4.78 is 19.0. The van der Waals surface area contributed by atoms with Gasteiger partial charge in [-0.3, -0.25) is 4.79 Å². The number of ether oxygens (including phenoxy) is 3. The molecule has 0 saturated carbocycles. The second-order valence-electron chi connectivity index (χ2n) is 9.00. The van der Waals surface area contributed by atoms with Crippen molar-refractivity contribution in [3.63, 3.8) is 0 Å². The Hall–Kier alpha value is -4.33. The Balaban J connectivity index is 1.54. The van der Waals surface area contributed by atoms with Crippen LogP contribution >= 0.6 is 0 Å². The van der Waals surface area contributed by atoms with Gasteiger partial charge in [0.1, 0.15) is 12.0 Å². The quantitative estimate of drug-likeness (QED) is 0.305. The molecule has 2 aromatic heterocycles. The molecule has 196 valence electrons. The molecule has 2 aromatic carbocycles. The van der Waals surface area contributed by atoms with Crippen molar-refractivity contribution in [3.05, 3.63) is 71.6 Å². The molecule has 0 bridgehead atoms. The van der Waals surface area contributed by atoms with Gasteiger partial charge >= 0.3 is 0 Å². The molecule has 0 saturated heterocycles. The number of aryl methyl sites for hydroxylation is 1. The van der Waals surface area contributed by atoms with Gasteiger partial charge in [-0.05, 0) is 55.2 Å². The molecule has 0 atom stereocenters. The van der Waals surface area contributed by atoms with Crippen LogP contribution in [-0.4, -0.2) is 52.7 Å². The second kappa shape index (κ2) is 11.0. The first kappa shape index (κ1) is 25.3. The van der Waals surface area contributed by atoms with E-state index in [2.05, 4.69) is 33.6 Å². The molecule has 0 spiro atoms. The molecule has 0 N–H and O–H groups in total. The Kier molecular flexibility index (Phi) is 7.31. The molecule has 1 aliphatic rings. The number of rotatable bonds is 8. The number of carbonyl (C=O) groups is 1. The van der Waals surface area contributed by atoms with Crippen LogP contribution in [0.4, 0.5) is 0 Å². The van der Waals surface area contributed by atoms with E-state index in [0.29, 0.717) is 43.6 Å². The fourth-order valence-electron chi connectivity index (χ4n) is 5.13. The molecule has 4 aromatic rings. The third-order valence-electron chi connectivity index (χ3n) is 6.91. The topological polar surface area (TPSA) is 78.7 Å². The zero-order valence-electron chi connectivity index (χ0n) is 22.2. The summed E-state index contributed by atoms with van der Waals surface area (Å²) >= 11 is 0. The van der Waals surface area contributed by atoms with Crippen LogP contribution in [0.5, 0.6) is 17.4 Å². The van der Waals surface area contributed by atoms with Gasteiger partial charge in [0.2, 0.25) is 11.8 Å². The summed E-state index contributed by atoms with van der Waals surface area (Å²) in [7, 11) is 3.25. The molecule has 1 aliphatic heterocycles. The second-order valence-corrected chi connectivity index (χ2v) is 9.00. The molecular formula is C30H32N4O4. The van der Waals surface area contributed by atoms with Crippen LogP contribution in [0.15, 0.2) is 54.9 Å². The average molecular weight is 513 g/mol. The summed E-state index contributed by atoms with van der Waals surface area (Å²) in [5.74, 6) is 1.83. The third kappa shape index (κ3) is 4.58. The number of methoxy groups -OCH3 is 2. The van der Waals surface area contributed by atoms with Crippen LogP contribution < -0.4 is 14.2 Å². The van der Waals surface area contributed by atoms with Gasteiger partial charge in [-0.2, -0.15) is 0 Å². The molecule has 3 heterocycles. The molecular weight excluding hydrogens is 480 g/mol. The standard InChI is InChI=1S/C30H32N4O4/c1-5-34-28(20-10-8-7-9-11-20)23(27-29(34)31-19-32-30(27)38-6-2)12-13-26(35)33-15-14-21-16-24(36-3)25(37-4)17-22(21)18-33/h7-13,16-17,19H,5-6,14-15,18H2,1-4H3/b13-12+. The van der Waals surface area contributed by atoms with Crippen LogP contribution in [0.25, 0.3) is 28.4 Å². The zero-order chi connectivity index (χ0) is 26.6. The number of fused-ring (bicyclic) bond motifs is 2. The van der Waals surface area contributed by atoms with Crippen molar-refractivity contribution in [3.8, 4) is 28.6 Å². The Morgan fingerprint density at radius 1 is 1.03 bits per heavy atom. The monoisotopic (exact) mass is 512 g/mol. The highest BCUT2D eigenvalue weighted by atomic mass is 16.5. The van der Waals surface area contributed by atoms with E-state index in [1.807, 2.05) is 48.2 Å². The van der Waals surface area contributed by atoms with Gasteiger partial charge < -0.3 is 23.7 Å². The highest BCUT2D eigenvalue weighted by Crippen LogP contribution is 2.38. The van der Waals surface area contributed by atoms with Crippen molar-refractivity contribution in [1.82, 2.24) is 19.4 Å². The first-order valence-corrected chi connectivity index (χ1v) is 12.9. The molecule has 0 fully saturated rings. The van der Waals surface area contributed by atoms with E-state index in [-0.39, 0.29) is 5.91 Å². The summed E-state index contributed by atoms with van der Waals surface area (Å²) in [6, 6.07) is 14.1. The largest absolute Gasteiger partial charge is 0.493 e. The summed E-state index contributed by atoms with van der Waals surface area (Å²) in [5, 5.41) is 0.805. The molecule has 8 heteroatoms. The van der Waals surface area contributed by atoms with Gasteiger partial charge in [0, 0.05) is 31.3 Å². The number of amides is 1. The van der Waals surface area contributed by atoms with E-state index < -0.39 is 0 Å². The zero-order valence-corrected chi connectivity index (χ0v) is 22.2. The lowest BCUT2D eigenvalue weighted by Gasteiger charge is -2.28. The predicted molar refractivity (Wildman–Crippen MR) is 148 cm³/mol. The van der Waals surface area contributed by atoms with Gasteiger partial charge in [0.15, 0.2) is 11.5 Å². The smallest absolute Gasteiger partial charge is 0.246 e. The highest BCUT2D eigenvalue weighted by molar-refractivity contribution is 6.02. The van der Waals surface area contributed by atoms with E-state index in [9.17, 15) is 4.79 Å². The molecule has 5 rings (SSSR count). The van der Waals surface area contributed by atoms with Gasteiger partial charge in [-0.15, -0.1) is 0 Å². The molecule has 0 aliphatic carbocycles. The van der Waals surface area contributed by atoms with Crippen LogP contribution in [0.2, 0.25) is 0 Å². The molecule has 0 radical (unpaired) electrons. The molecule has 38 heavy (non-hydrogen) atoms. The molecule has 0 unspecified atom stereocenters. The van der Waals surface area contributed by atoms with Gasteiger partial charge in [0.25, 0.3) is 0 Å². The Morgan fingerprint density at radius 2 is 1.76 bits per heavy atom. The maximum Gasteiger partial charge on any atom is 0.246 e. The highest BCUT2D eigenvalue weighted by Gasteiger charge is 2.24. The lowest BCUT2D eigenvalue weighted by Crippen LogP contribution is -2.34. The van der Waals surface area contributed by atoms with Gasteiger partial charge in [-0.1, -0.05) is 30.3 Å². The lowest BCUT2D eigenvalue weighted by atomic mass is 9.98. The van der Waals surface area contributed by atoms with Crippen LogP contribution in [0.3, 0.4) is 0 Å². The number of hydrogen-bond donors (Lipinski definition) is 0. The molecule has 1 amide bonds. The number of benzene rings is 2. The predicted octanol–water partition coefficient (Wildman–Crippen LogP) is 5.13. The Labute approximate surface area is 222 Å². The Morgan fingerprint density at radius 3 is 2.45 bits per heavy atom. The summed E-state index contributed by atoms with van der Waals surface area (Å²) in [6.45, 7) is 6.34. The number of aromatic nitrogens is 3. The van der Waals surface area contributed by atoms with Gasteiger partial charge in [0.05, 0.1) is 31.9 Å². The average Bonchev–Trinajstić information content (AvgIpc) is 3.29. The number of nitrogens with zero attached hydrogens (tertiary/aromatic N) is 4. The fraction of sp³-hybridized carbons (Fsp3) is 0.300. The van der Waals surface area contributed by atoms with Crippen molar-refractivity contribution in [2.75, 3.05) is 27.4 Å². The van der Waals surface area contributed by atoms with Crippen molar-refractivity contribution in [2.45, 2.75) is 33.4 Å².